The molecule has 0 aliphatic carbocycles. The molecule has 0 saturated carbocycles. The van der Waals surface area contributed by atoms with Crippen LogP contribution < -0.4 is 0 Å². The molecule has 0 aliphatic rings. The van der Waals surface area contributed by atoms with Crippen molar-refractivity contribution in [3.63, 3.8) is 0 Å². The highest BCUT2D eigenvalue weighted by Gasteiger charge is 2.19. The first-order valence-electron chi connectivity index (χ1n) is 27.3. The fraction of sp³-hybridized carbons (Fsp3) is 0.683. The zero-order chi connectivity index (χ0) is 47.9. The molecule has 1 atom stereocenters. The molecule has 0 fully saturated rings. The van der Waals surface area contributed by atoms with E-state index in [0.717, 1.165) is 103 Å². The third kappa shape index (κ3) is 51.3. The molecule has 0 aromatic carbocycles. The van der Waals surface area contributed by atoms with Crippen LogP contribution in [0.15, 0.2) is 97.2 Å². The minimum absolute atomic E-state index is 0.105. The van der Waals surface area contributed by atoms with Gasteiger partial charge in [0.25, 0.3) is 0 Å². The van der Waals surface area contributed by atoms with Crippen molar-refractivity contribution >= 4 is 17.9 Å². The molecule has 0 aromatic rings. The van der Waals surface area contributed by atoms with Crippen LogP contribution in [0.1, 0.15) is 245 Å². The Morgan fingerprint density at radius 3 is 1.12 bits per heavy atom. The highest BCUT2D eigenvalue weighted by molar-refractivity contribution is 5.71. The van der Waals surface area contributed by atoms with E-state index < -0.39 is 6.10 Å². The molecule has 0 saturated heterocycles. The molecule has 376 valence electrons. The summed E-state index contributed by atoms with van der Waals surface area (Å²) in [5.41, 5.74) is 0. The van der Waals surface area contributed by atoms with Crippen molar-refractivity contribution in [3.8, 4) is 0 Å². The minimum Gasteiger partial charge on any atom is -0.462 e. The summed E-state index contributed by atoms with van der Waals surface area (Å²) in [6.07, 6.45) is 71.1. The van der Waals surface area contributed by atoms with Crippen LogP contribution in [0.4, 0.5) is 0 Å². The van der Waals surface area contributed by atoms with E-state index in [9.17, 15) is 14.4 Å². The summed E-state index contributed by atoms with van der Waals surface area (Å²) in [7, 11) is 0. The van der Waals surface area contributed by atoms with Gasteiger partial charge in [-0.15, -0.1) is 0 Å². The number of carbonyl (C=O) groups excluding carboxylic acids is 3. The van der Waals surface area contributed by atoms with E-state index in [4.69, 9.17) is 14.2 Å². The van der Waals surface area contributed by atoms with Crippen molar-refractivity contribution in [3.05, 3.63) is 97.2 Å². The number of hydrogen-bond acceptors (Lipinski definition) is 6. The number of carbonyl (C=O) groups is 3. The van der Waals surface area contributed by atoms with Gasteiger partial charge in [0, 0.05) is 19.3 Å². The Kier molecular flexibility index (Phi) is 50.9. The van der Waals surface area contributed by atoms with E-state index in [-0.39, 0.29) is 37.5 Å². The molecule has 0 bridgehead atoms. The standard InChI is InChI=1S/C60H100O6/c1-4-7-10-13-16-19-22-25-28-30-33-35-38-41-44-47-50-53-59(62)65-56-57(55-64-58(61)52-49-46-43-40-37-34-31-27-24-21-18-15-12-9-6-3)66-60(63)54-51-48-45-42-39-36-32-29-26-23-20-17-14-11-8-5-2/h7,10,16,18-19,21,24-25,27-29,32-33,35,41,44,57H,4-6,8-9,11-15,17,20,22-23,26,30-31,34,36-40,42-43,45-56H2,1-3H3/b10-7-,19-16-,21-18-,27-24-,28-25-,32-29-,35-33-,44-41-. The van der Waals surface area contributed by atoms with Gasteiger partial charge in [-0.25, -0.2) is 0 Å². The molecule has 6 nitrogen and oxygen atoms in total. The Bertz CT molecular complexity index is 1330. The first-order chi connectivity index (χ1) is 32.5. The van der Waals surface area contributed by atoms with Gasteiger partial charge in [-0.1, -0.05) is 214 Å². The summed E-state index contributed by atoms with van der Waals surface area (Å²) >= 11 is 0. The van der Waals surface area contributed by atoms with Crippen molar-refractivity contribution < 1.29 is 28.6 Å². The molecular weight excluding hydrogens is 817 g/mol. The molecule has 0 aliphatic heterocycles. The predicted octanol–water partition coefficient (Wildman–Crippen LogP) is 18.1. The third-order valence-corrected chi connectivity index (χ3v) is 11.3. The second kappa shape index (κ2) is 53.9. The average Bonchev–Trinajstić information content (AvgIpc) is 3.31. The van der Waals surface area contributed by atoms with E-state index >= 15 is 0 Å². The van der Waals surface area contributed by atoms with Gasteiger partial charge in [0.1, 0.15) is 13.2 Å². The lowest BCUT2D eigenvalue weighted by Crippen LogP contribution is -2.30. The summed E-state index contributed by atoms with van der Waals surface area (Å²) in [5.74, 6) is -0.985. The molecule has 0 aromatic heterocycles. The molecular formula is C60H100O6. The van der Waals surface area contributed by atoms with Crippen LogP contribution in [-0.2, 0) is 28.6 Å². The van der Waals surface area contributed by atoms with Gasteiger partial charge >= 0.3 is 17.9 Å². The maximum Gasteiger partial charge on any atom is 0.306 e. The summed E-state index contributed by atoms with van der Waals surface area (Å²) in [5, 5.41) is 0. The fourth-order valence-corrected chi connectivity index (χ4v) is 7.23. The van der Waals surface area contributed by atoms with Crippen molar-refractivity contribution in [2.75, 3.05) is 13.2 Å². The number of hydrogen-bond donors (Lipinski definition) is 0. The number of rotatable bonds is 48. The molecule has 0 N–H and O–H groups in total. The van der Waals surface area contributed by atoms with Crippen LogP contribution in [-0.4, -0.2) is 37.2 Å². The van der Waals surface area contributed by atoms with Crippen LogP contribution in [0.3, 0.4) is 0 Å². The molecule has 1 unspecified atom stereocenters. The molecule has 66 heavy (non-hydrogen) atoms. The van der Waals surface area contributed by atoms with Crippen LogP contribution in [0.2, 0.25) is 0 Å². The lowest BCUT2D eigenvalue weighted by Gasteiger charge is -2.18. The molecule has 0 heterocycles. The Hall–Kier alpha value is -3.67. The first kappa shape index (κ1) is 62.3. The number of esters is 3. The maximum absolute atomic E-state index is 12.8. The van der Waals surface area contributed by atoms with Gasteiger partial charge in [0.05, 0.1) is 0 Å². The molecule has 0 rings (SSSR count). The second-order valence-electron chi connectivity index (χ2n) is 17.8. The van der Waals surface area contributed by atoms with Crippen LogP contribution >= 0.6 is 0 Å². The molecule has 0 amide bonds. The lowest BCUT2D eigenvalue weighted by atomic mass is 10.1. The van der Waals surface area contributed by atoms with E-state index in [1.807, 2.05) is 0 Å². The van der Waals surface area contributed by atoms with Gasteiger partial charge in [-0.2, -0.15) is 0 Å². The second-order valence-corrected chi connectivity index (χ2v) is 17.8. The van der Waals surface area contributed by atoms with Gasteiger partial charge in [0.15, 0.2) is 6.10 Å². The fourth-order valence-electron chi connectivity index (χ4n) is 7.23. The van der Waals surface area contributed by atoms with Crippen LogP contribution in [0.25, 0.3) is 0 Å². The number of ether oxygens (including phenoxy) is 3. The summed E-state index contributed by atoms with van der Waals surface area (Å²) in [6, 6.07) is 0. The van der Waals surface area contributed by atoms with Gasteiger partial charge in [0.2, 0.25) is 0 Å². The number of allylic oxidation sites excluding steroid dienone is 16. The summed E-state index contributed by atoms with van der Waals surface area (Å²) in [6.45, 7) is 6.43. The summed E-state index contributed by atoms with van der Waals surface area (Å²) < 4.78 is 16.8. The zero-order valence-electron chi connectivity index (χ0n) is 42.9. The normalized spacial score (nSPS) is 12.8. The van der Waals surface area contributed by atoms with E-state index in [0.29, 0.717) is 19.3 Å². The molecule has 0 spiro atoms. The average molecular weight is 917 g/mol. The Morgan fingerprint density at radius 1 is 0.333 bits per heavy atom. The minimum atomic E-state index is -0.810. The largest absolute Gasteiger partial charge is 0.462 e. The maximum atomic E-state index is 12.8. The van der Waals surface area contributed by atoms with Gasteiger partial charge in [-0.3, -0.25) is 14.4 Å². The monoisotopic (exact) mass is 917 g/mol. The third-order valence-electron chi connectivity index (χ3n) is 11.3. The van der Waals surface area contributed by atoms with Crippen molar-refractivity contribution in [1.82, 2.24) is 0 Å². The Morgan fingerprint density at radius 2 is 0.652 bits per heavy atom. The van der Waals surface area contributed by atoms with Gasteiger partial charge in [-0.05, 0) is 109 Å². The quantitative estimate of drug-likeness (QED) is 0.0199. The topological polar surface area (TPSA) is 78.9 Å². The number of unbranched alkanes of at least 4 members (excludes halogenated alkanes) is 22. The van der Waals surface area contributed by atoms with E-state index in [2.05, 4.69) is 118 Å². The predicted molar refractivity (Wildman–Crippen MR) is 284 cm³/mol. The van der Waals surface area contributed by atoms with Crippen LogP contribution in [0, 0.1) is 0 Å². The van der Waals surface area contributed by atoms with Crippen molar-refractivity contribution in [2.45, 2.75) is 252 Å². The summed E-state index contributed by atoms with van der Waals surface area (Å²) in [4.78, 5) is 38.1. The van der Waals surface area contributed by atoms with E-state index in [1.54, 1.807) is 0 Å². The molecule has 6 heteroatoms. The van der Waals surface area contributed by atoms with Crippen LogP contribution in [0.5, 0.6) is 0 Å². The smallest absolute Gasteiger partial charge is 0.306 e. The Labute approximate surface area is 407 Å². The van der Waals surface area contributed by atoms with Crippen molar-refractivity contribution in [1.29, 1.82) is 0 Å². The highest BCUT2D eigenvalue weighted by Crippen LogP contribution is 2.13. The Balaban J connectivity index is 4.52. The van der Waals surface area contributed by atoms with Gasteiger partial charge < -0.3 is 14.2 Å². The molecule has 0 radical (unpaired) electrons. The lowest BCUT2D eigenvalue weighted by molar-refractivity contribution is -0.167. The first-order valence-corrected chi connectivity index (χ1v) is 27.3. The zero-order valence-corrected chi connectivity index (χ0v) is 42.9. The SMILES string of the molecule is CC/C=C\C/C=C\C/C=C\C/C=C\C/C=C\CCCC(=O)OCC(COC(=O)CCCCCCCC/C=C\C=C/CCCCC)OC(=O)CCCCCCC/C=C\CCCCCCCCC. The van der Waals surface area contributed by atoms with E-state index in [1.165, 1.54) is 96.3 Å². The highest BCUT2D eigenvalue weighted by atomic mass is 16.6. The van der Waals surface area contributed by atoms with Crippen molar-refractivity contribution in [2.24, 2.45) is 0 Å².